The average Bonchev–Trinajstić information content (AvgIpc) is 3.28. The van der Waals surface area contributed by atoms with E-state index in [2.05, 4.69) is 5.32 Å². The lowest BCUT2D eigenvalue weighted by Crippen LogP contribution is -2.20. The zero-order chi connectivity index (χ0) is 22.3. The standard InChI is InChI=1S/C26H24FNO4/c27-20-10-6-18(7-11-20)24-16-14-23(31-24)15-17-25(29)28-21-12-8-19(9-13-21)26(30)32-22-4-2-1-3-5-22/h6-17,22H,1-5H2,(H,28,29)/b17-15+. The van der Waals surface area contributed by atoms with E-state index in [1.54, 1.807) is 54.6 Å². The van der Waals surface area contributed by atoms with Crippen molar-refractivity contribution in [3.8, 4) is 11.3 Å². The Kier molecular flexibility index (Phi) is 6.80. The first-order valence-electron chi connectivity index (χ1n) is 10.7. The monoisotopic (exact) mass is 433 g/mol. The van der Waals surface area contributed by atoms with Gasteiger partial charge in [-0.1, -0.05) is 6.42 Å². The highest BCUT2D eigenvalue weighted by molar-refractivity contribution is 6.02. The summed E-state index contributed by atoms with van der Waals surface area (Å²) in [5.41, 5.74) is 1.78. The van der Waals surface area contributed by atoms with Gasteiger partial charge in [-0.25, -0.2) is 9.18 Å². The van der Waals surface area contributed by atoms with Crippen LogP contribution in [-0.2, 0) is 9.53 Å². The minimum Gasteiger partial charge on any atom is -0.459 e. The number of halogens is 1. The van der Waals surface area contributed by atoms with Crippen molar-refractivity contribution in [3.63, 3.8) is 0 Å². The smallest absolute Gasteiger partial charge is 0.338 e. The van der Waals surface area contributed by atoms with Gasteiger partial charge in [-0.2, -0.15) is 0 Å². The lowest BCUT2D eigenvalue weighted by molar-refractivity contribution is -0.111. The van der Waals surface area contributed by atoms with Gasteiger partial charge in [0.1, 0.15) is 23.4 Å². The van der Waals surface area contributed by atoms with Gasteiger partial charge in [-0.3, -0.25) is 4.79 Å². The number of hydrogen-bond donors (Lipinski definition) is 1. The lowest BCUT2D eigenvalue weighted by Gasteiger charge is -2.21. The Balaban J connectivity index is 1.30. The number of ether oxygens (including phenoxy) is 1. The molecule has 1 amide bonds. The number of hydrogen-bond acceptors (Lipinski definition) is 4. The molecular weight excluding hydrogens is 409 g/mol. The molecule has 1 aromatic heterocycles. The first-order valence-corrected chi connectivity index (χ1v) is 10.7. The van der Waals surface area contributed by atoms with Crippen molar-refractivity contribution in [2.75, 3.05) is 5.32 Å². The van der Waals surface area contributed by atoms with E-state index in [-0.39, 0.29) is 23.8 Å². The number of esters is 1. The zero-order valence-electron chi connectivity index (χ0n) is 17.6. The molecule has 0 bridgehead atoms. The molecule has 6 heteroatoms. The lowest BCUT2D eigenvalue weighted by atomic mass is 9.98. The Bertz CT molecular complexity index is 1090. The molecular formula is C26H24FNO4. The summed E-state index contributed by atoms with van der Waals surface area (Å²) in [4.78, 5) is 24.5. The highest BCUT2D eigenvalue weighted by atomic mass is 19.1. The molecule has 1 aliphatic carbocycles. The van der Waals surface area contributed by atoms with Crippen molar-refractivity contribution in [2.45, 2.75) is 38.2 Å². The highest BCUT2D eigenvalue weighted by Crippen LogP contribution is 2.24. The minimum atomic E-state index is -0.331. The molecule has 3 aromatic rings. The fourth-order valence-electron chi connectivity index (χ4n) is 3.65. The zero-order valence-corrected chi connectivity index (χ0v) is 17.6. The molecule has 5 nitrogen and oxygen atoms in total. The van der Waals surface area contributed by atoms with Crippen LogP contribution in [0.2, 0.25) is 0 Å². The molecule has 1 saturated carbocycles. The third kappa shape index (κ3) is 5.72. The number of carbonyl (C=O) groups is 2. The molecule has 1 aliphatic rings. The molecule has 0 saturated heterocycles. The number of rotatable bonds is 6. The van der Waals surface area contributed by atoms with Gasteiger partial charge in [-0.15, -0.1) is 0 Å². The van der Waals surface area contributed by atoms with Gasteiger partial charge in [-0.05, 0) is 92.4 Å². The number of carbonyl (C=O) groups excluding carboxylic acids is 2. The fourth-order valence-corrected chi connectivity index (χ4v) is 3.65. The van der Waals surface area contributed by atoms with Crippen LogP contribution >= 0.6 is 0 Å². The van der Waals surface area contributed by atoms with Gasteiger partial charge in [0.05, 0.1) is 5.56 Å². The van der Waals surface area contributed by atoms with E-state index in [1.165, 1.54) is 24.6 Å². The summed E-state index contributed by atoms with van der Waals surface area (Å²) < 4.78 is 24.3. The second-order valence-electron chi connectivity index (χ2n) is 7.77. The van der Waals surface area contributed by atoms with Crippen LogP contribution in [0, 0.1) is 5.82 Å². The summed E-state index contributed by atoms with van der Waals surface area (Å²) in [5, 5.41) is 2.74. The Labute approximate surface area is 185 Å². The molecule has 0 unspecified atom stereocenters. The fraction of sp³-hybridized carbons (Fsp3) is 0.231. The number of nitrogens with one attached hydrogen (secondary N) is 1. The summed E-state index contributed by atoms with van der Waals surface area (Å²) in [6, 6.07) is 16.1. The van der Waals surface area contributed by atoms with E-state index >= 15 is 0 Å². The van der Waals surface area contributed by atoms with E-state index < -0.39 is 0 Å². The minimum absolute atomic E-state index is 0.00550. The quantitative estimate of drug-likeness (QED) is 0.370. The molecule has 1 heterocycles. The normalized spacial score (nSPS) is 14.4. The SMILES string of the molecule is O=C(/C=C/c1ccc(-c2ccc(F)cc2)o1)Nc1ccc(C(=O)OC2CCCCC2)cc1. The van der Waals surface area contributed by atoms with Crippen molar-refractivity contribution in [1.29, 1.82) is 0 Å². The van der Waals surface area contributed by atoms with Crippen LogP contribution < -0.4 is 5.32 Å². The van der Waals surface area contributed by atoms with Crippen LogP contribution in [0.3, 0.4) is 0 Å². The largest absolute Gasteiger partial charge is 0.459 e. The van der Waals surface area contributed by atoms with Gasteiger partial charge >= 0.3 is 5.97 Å². The molecule has 1 N–H and O–H groups in total. The molecule has 0 atom stereocenters. The maximum absolute atomic E-state index is 13.0. The topological polar surface area (TPSA) is 68.5 Å². The molecule has 0 radical (unpaired) electrons. The van der Waals surface area contributed by atoms with Gasteiger partial charge < -0.3 is 14.5 Å². The van der Waals surface area contributed by atoms with E-state index in [1.807, 2.05) is 0 Å². The van der Waals surface area contributed by atoms with Crippen LogP contribution in [0.4, 0.5) is 10.1 Å². The summed E-state index contributed by atoms with van der Waals surface area (Å²) in [5.74, 6) is 0.110. The molecule has 32 heavy (non-hydrogen) atoms. The van der Waals surface area contributed by atoms with Crippen molar-refractivity contribution in [1.82, 2.24) is 0 Å². The van der Waals surface area contributed by atoms with E-state index in [4.69, 9.17) is 9.15 Å². The first kappa shape index (κ1) is 21.6. The van der Waals surface area contributed by atoms with Crippen LogP contribution in [0.15, 0.2) is 71.2 Å². The van der Waals surface area contributed by atoms with Crippen molar-refractivity contribution >= 4 is 23.6 Å². The molecule has 1 fully saturated rings. The third-order valence-corrected chi connectivity index (χ3v) is 5.37. The predicted octanol–water partition coefficient (Wildman–Crippen LogP) is 6.23. The van der Waals surface area contributed by atoms with Crippen LogP contribution in [0.25, 0.3) is 17.4 Å². The summed E-state index contributed by atoms with van der Waals surface area (Å²) in [6.07, 6.45) is 8.17. The average molecular weight is 433 g/mol. The molecule has 0 spiro atoms. The number of benzene rings is 2. The van der Waals surface area contributed by atoms with E-state index in [0.717, 1.165) is 31.2 Å². The summed E-state index contributed by atoms with van der Waals surface area (Å²) >= 11 is 0. The van der Waals surface area contributed by atoms with Gasteiger partial charge in [0.15, 0.2) is 0 Å². The van der Waals surface area contributed by atoms with Crippen molar-refractivity contribution < 1.29 is 23.1 Å². The number of anilines is 1. The summed E-state index contributed by atoms with van der Waals surface area (Å²) in [7, 11) is 0. The Hall–Kier alpha value is -3.67. The highest BCUT2D eigenvalue weighted by Gasteiger charge is 2.18. The van der Waals surface area contributed by atoms with Crippen LogP contribution in [0.1, 0.15) is 48.2 Å². The molecule has 164 valence electrons. The maximum atomic E-state index is 13.0. The van der Waals surface area contributed by atoms with Crippen molar-refractivity contribution in [3.05, 3.63) is 83.9 Å². The molecule has 2 aromatic carbocycles. The summed E-state index contributed by atoms with van der Waals surface area (Å²) in [6.45, 7) is 0. The van der Waals surface area contributed by atoms with Crippen molar-refractivity contribution in [2.24, 2.45) is 0 Å². The van der Waals surface area contributed by atoms with Gasteiger partial charge in [0, 0.05) is 17.3 Å². The number of furan rings is 1. The Morgan fingerprint density at radius 2 is 1.66 bits per heavy atom. The van der Waals surface area contributed by atoms with Gasteiger partial charge in [0.2, 0.25) is 5.91 Å². The third-order valence-electron chi connectivity index (χ3n) is 5.37. The second kappa shape index (κ2) is 10.1. The van der Waals surface area contributed by atoms with E-state index in [0.29, 0.717) is 22.8 Å². The Morgan fingerprint density at radius 1 is 0.938 bits per heavy atom. The Morgan fingerprint density at radius 3 is 2.38 bits per heavy atom. The van der Waals surface area contributed by atoms with E-state index in [9.17, 15) is 14.0 Å². The van der Waals surface area contributed by atoms with Crippen LogP contribution in [0.5, 0.6) is 0 Å². The predicted molar refractivity (Wildman–Crippen MR) is 120 cm³/mol. The number of amides is 1. The van der Waals surface area contributed by atoms with Crippen LogP contribution in [-0.4, -0.2) is 18.0 Å². The first-order chi connectivity index (χ1) is 15.6. The maximum Gasteiger partial charge on any atom is 0.338 e. The molecule has 0 aliphatic heterocycles. The molecule has 4 rings (SSSR count). The van der Waals surface area contributed by atoms with Gasteiger partial charge in [0.25, 0.3) is 0 Å². The second-order valence-corrected chi connectivity index (χ2v) is 7.77.